The van der Waals surface area contributed by atoms with Gasteiger partial charge in [0.25, 0.3) is 5.91 Å². The van der Waals surface area contributed by atoms with Gasteiger partial charge in [-0.2, -0.15) is 0 Å². The molecule has 3 amide bonds. The Labute approximate surface area is 135 Å². The van der Waals surface area contributed by atoms with E-state index < -0.39 is 11.7 Å². The summed E-state index contributed by atoms with van der Waals surface area (Å²) in [4.78, 5) is 34.7. The van der Waals surface area contributed by atoms with Gasteiger partial charge in [0.1, 0.15) is 5.60 Å². The highest BCUT2D eigenvalue weighted by molar-refractivity contribution is 5.95. The fourth-order valence-electron chi connectivity index (χ4n) is 1.60. The van der Waals surface area contributed by atoms with Crippen molar-refractivity contribution in [3.8, 4) is 0 Å². The van der Waals surface area contributed by atoms with E-state index in [2.05, 4.69) is 16.2 Å². The van der Waals surface area contributed by atoms with Gasteiger partial charge in [0.05, 0.1) is 0 Å². The first-order valence-corrected chi connectivity index (χ1v) is 7.39. The molecule has 7 nitrogen and oxygen atoms in total. The molecule has 0 saturated heterocycles. The average Bonchev–Trinajstić information content (AvgIpc) is 2.48. The monoisotopic (exact) mass is 321 g/mol. The van der Waals surface area contributed by atoms with E-state index in [1.54, 1.807) is 51.1 Å². The van der Waals surface area contributed by atoms with E-state index in [-0.39, 0.29) is 18.2 Å². The van der Waals surface area contributed by atoms with Crippen LogP contribution < -0.4 is 16.2 Å². The van der Waals surface area contributed by atoms with Gasteiger partial charge in [0, 0.05) is 18.5 Å². The Morgan fingerprint density at radius 1 is 1.04 bits per heavy atom. The molecule has 23 heavy (non-hydrogen) atoms. The number of benzene rings is 1. The van der Waals surface area contributed by atoms with E-state index in [4.69, 9.17) is 4.74 Å². The van der Waals surface area contributed by atoms with E-state index in [0.29, 0.717) is 18.5 Å². The molecule has 0 aliphatic carbocycles. The number of nitrogens with one attached hydrogen (secondary N) is 3. The molecular formula is C16H23N3O4. The fourth-order valence-corrected chi connectivity index (χ4v) is 1.60. The van der Waals surface area contributed by atoms with Crippen molar-refractivity contribution in [1.29, 1.82) is 0 Å². The summed E-state index contributed by atoms with van der Waals surface area (Å²) < 4.78 is 5.07. The summed E-state index contributed by atoms with van der Waals surface area (Å²) in [5.41, 5.74) is 4.56. The molecule has 0 aliphatic heterocycles. The summed E-state index contributed by atoms with van der Waals surface area (Å²) in [7, 11) is 0. The Morgan fingerprint density at radius 3 is 2.30 bits per heavy atom. The highest BCUT2D eigenvalue weighted by Gasteiger charge is 2.15. The largest absolute Gasteiger partial charge is 0.444 e. The third kappa shape index (κ3) is 8.45. The molecule has 0 radical (unpaired) electrons. The van der Waals surface area contributed by atoms with Crippen LogP contribution in [-0.2, 0) is 9.53 Å². The average molecular weight is 321 g/mol. The molecule has 1 rings (SSSR count). The van der Waals surface area contributed by atoms with Crippen molar-refractivity contribution in [1.82, 2.24) is 16.2 Å². The molecule has 0 atom stereocenters. The molecule has 7 heteroatoms. The van der Waals surface area contributed by atoms with Crippen LogP contribution in [0.2, 0.25) is 0 Å². The fraction of sp³-hybridized carbons (Fsp3) is 0.438. The predicted molar refractivity (Wildman–Crippen MR) is 85.5 cm³/mol. The van der Waals surface area contributed by atoms with Gasteiger partial charge in [-0.25, -0.2) is 4.79 Å². The van der Waals surface area contributed by atoms with Crippen LogP contribution in [0.3, 0.4) is 0 Å². The number of hydrazine groups is 1. The quantitative estimate of drug-likeness (QED) is 0.568. The van der Waals surface area contributed by atoms with Crippen LogP contribution in [0.4, 0.5) is 4.79 Å². The number of rotatable bonds is 5. The highest BCUT2D eigenvalue weighted by Crippen LogP contribution is 2.06. The van der Waals surface area contributed by atoms with Gasteiger partial charge in [-0.05, 0) is 39.3 Å². The Morgan fingerprint density at radius 2 is 1.70 bits per heavy atom. The lowest BCUT2D eigenvalue weighted by atomic mass is 10.2. The van der Waals surface area contributed by atoms with Gasteiger partial charge in [0.15, 0.2) is 0 Å². The topological polar surface area (TPSA) is 96.5 Å². The minimum Gasteiger partial charge on any atom is -0.444 e. The number of amides is 3. The maximum absolute atomic E-state index is 11.7. The molecule has 0 fully saturated rings. The van der Waals surface area contributed by atoms with E-state index >= 15 is 0 Å². The number of alkyl carbamates (subject to hydrolysis) is 1. The first kappa shape index (κ1) is 18.5. The van der Waals surface area contributed by atoms with Crippen molar-refractivity contribution in [2.24, 2.45) is 0 Å². The van der Waals surface area contributed by atoms with Gasteiger partial charge in [-0.1, -0.05) is 18.2 Å². The normalized spacial score (nSPS) is 10.6. The van der Waals surface area contributed by atoms with Gasteiger partial charge in [-0.3, -0.25) is 20.4 Å². The van der Waals surface area contributed by atoms with Gasteiger partial charge in [0.2, 0.25) is 5.91 Å². The van der Waals surface area contributed by atoms with Gasteiger partial charge in [-0.15, -0.1) is 0 Å². The number of carbonyl (C=O) groups excluding carboxylic acids is 3. The van der Waals surface area contributed by atoms with Crippen molar-refractivity contribution in [3.63, 3.8) is 0 Å². The second kappa shape index (κ2) is 8.77. The Hall–Kier alpha value is -2.57. The molecule has 1 aromatic rings. The van der Waals surface area contributed by atoms with Crippen molar-refractivity contribution >= 4 is 17.9 Å². The summed E-state index contributed by atoms with van der Waals surface area (Å²) in [6.45, 7) is 5.63. The summed E-state index contributed by atoms with van der Waals surface area (Å²) in [6.07, 6.45) is 0.0900. The molecule has 0 heterocycles. The number of ether oxygens (including phenoxy) is 1. The summed E-state index contributed by atoms with van der Waals surface area (Å²) >= 11 is 0. The van der Waals surface area contributed by atoms with E-state index in [0.717, 1.165) is 0 Å². The minimum absolute atomic E-state index is 0.171. The van der Waals surface area contributed by atoms with Crippen LogP contribution in [0.1, 0.15) is 44.0 Å². The first-order chi connectivity index (χ1) is 10.8. The van der Waals surface area contributed by atoms with Crippen LogP contribution in [0.15, 0.2) is 30.3 Å². The molecule has 3 N–H and O–H groups in total. The Balaban J connectivity index is 2.15. The molecule has 0 bridgehead atoms. The highest BCUT2D eigenvalue weighted by atomic mass is 16.6. The van der Waals surface area contributed by atoms with Gasteiger partial charge >= 0.3 is 6.09 Å². The van der Waals surface area contributed by atoms with Crippen molar-refractivity contribution < 1.29 is 19.1 Å². The number of hydrogen-bond acceptors (Lipinski definition) is 4. The van der Waals surface area contributed by atoms with Crippen LogP contribution in [0.25, 0.3) is 0 Å². The molecule has 0 aromatic heterocycles. The van der Waals surface area contributed by atoms with Crippen molar-refractivity contribution in [2.45, 2.75) is 39.2 Å². The molecule has 0 spiro atoms. The number of hydrogen-bond donors (Lipinski definition) is 3. The van der Waals surface area contributed by atoms with E-state index in [9.17, 15) is 14.4 Å². The standard InChI is InChI=1S/C16H23N3O4/c1-16(2,3)23-15(22)17-11-7-10-13(20)18-19-14(21)12-8-5-4-6-9-12/h4-6,8-9H,7,10-11H2,1-3H3,(H,17,22)(H,18,20)(H,19,21). The lowest BCUT2D eigenvalue weighted by Gasteiger charge is -2.19. The maximum Gasteiger partial charge on any atom is 0.407 e. The molecule has 126 valence electrons. The second-order valence-electron chi connectivity index (χ2n) is 5.90. The number of carbonyl (C=O) groups is 3. The Bertz CT molecular complexity index is 538. The van der Waals surface area contributed by atoms with Gasteiger partial charge < -0.3 is 10.1 Å². The zero-order valence-corrected chi connectivity index (χ0v) is 13.6. The maximum atomic E-state index is 11.7. The minimum atomic E-state index is -0.552. The molecule has 0 aliphatic rings. The molecule has 0 unspecified atom stereocenters. The third-order valence-electron chi connectivity index (χ3n) is 2.60. The lowest BCUT2D eigenvalue weighted by Crippen LogP contribution is -2.41. The smallest absolute Gasteiger partial charge is 0.407 e. The van der Waals surface area contributed by atoms with Crippen LogP contribution in [0.5, 0.6) is 0 Å². The predicted octanol–water partition coefficient (Wildman–Crippen LogP) is 1.75. The third-order valence-corrected chi connectivity index (χ3v) is 2.60. The summed E-state index contributed by atoms with van der Waals surface area (Å²) in [6, 6.07) is 8.56. The molecule has 1 aromatic carbocycles. The van der Waals surface area contributed by atoms with E-state index in [1.807, 2.05) is 0 Å². The zero-order chi connectivity index (χ0) is 17.3. The summed E-state index contributed by atoms with van der Waals surface area (Å²) in [5, 5.41) is 2.56. The van der Waals surface area contributed by atoms with Crippen LogP contribution in [-0.4, -0.2) is 30.1 Å². The zero-order valence-electron chi connectivity index (χ0n) is 13.6. The Kier molecular flexibility index (Phi) is 7.05. The molecule has 0 saturated carbocycles. The van der Waals surface area contributed by atoms with Crippen LogP contribution >= 0.6 is 0 Å². The SMILES string of the molecule is CC(C)(C)OC(=O)NCCCC(=O)NNC(=O)c1ccccc1. The van der Waals surface area contributed by atoms with Crippen LogP contribution in [0, 0.1) is 0 Å². The summed E-state index contributed by atoms with van der Waals surface area (Å²) in [5.74, 6) is -0.717. The van der Waals surface area contributed by atoms with Crippen molar-refractivity contribution in [3.05, 3.63) is 35.9 Å². The molecular weight excluding hydrogens is 298 g/mol. The first-order valence-electron chi connectivity index (χ1n) is 7.39. The lowest BCUT2D eigenvalue weighted by molar-refractivity contribution is -0.121. The van der Waals surface area contributed by atoms with E-state index in [1.165, 1.54) is 0 Å². The second-order valence-corrected chi connectivity index (χ2v) is 5.90. The van der Waals surface area contributed by atoms with Crippen molar-refractivity contribution in [2.75, 3.05) is 6.54 Å².